The lowest BCUT2D eigenvalue weighted by atomic mass is 10.2. The number of hydrogen-bond donors (Lipinski definition) is 2. The van der Waals surface area contributed by atoms with Gasteiger partial charge in [0.05, 0.1) is 5.02 Å². The van der Waals surface area contributed by atoms with Crippen LogP contribution < -0.4 is 20.3 Å². The van der Waals surface area contributed by atoms with Gasteiger partial charge in [0, 0.05) is 4.47 Å². The standard InChI is InChI=1S/C18H18BrClN2O4/c1-2-12-4-3-5-14(8-12)25-10-17(23)21-22-18(24)11-26-16-7-6-13(19)9-15(16)20/h3-9H,2,10-11H2,1H3,(H,21,23)(H,22,24). The number of amides is 2. The van der Waals surface area contributed by atoms with E-state index in [2.05, 4.69) is 26.8 Å². The highest BCUT2D eigenvalue weighted by atomic mass is 79.9. The first-order valence-electron chi connectivity index (χ1n) is 7.85. The molecule has 26 heavy (non-hydrogen) atoms. The van der Waals surface area contributed by atoms with Gasteiger partial charge in [-0.2, -0.15) is 0 Å². The number of ether oxygens (including phenoxy) is 2. The summed E-state index contributed by atoms with van der Waals surface area (Å²) in [6.45, 7) is 1.53. The largest absolute Gasteiger partial charge is 0.484 e. The predicted molar refractivity (Wildman–Crippen MR) is 102 cm³/mol. The Morgan fingerprint density at radius 1 is 1.04 bits per heavy atom. The van der Waals surface area contributed by atoms with Crippen LogP contribution in [-0.4, -0.2) is 25.0 Å². The van der Waals surface area contributed by atoms with E-state index in [0.717, 1.165) is 16.5 Å². The van der Waals surface area contributed by atoms with E-state index in [9.17, 15) is 9.59 Å². The minimum atomic E-state index is -0.523. The van der Waals surface area contributed by atoms with Gasteiger partial charge < -0.3 is 9.47 Å². The number of nitrogens with one attached hydrogen (secondary N) is 2. The summed E-state index contributed by atoms with van der Waals surface area (Å²) in [6, 6.07) is 12.5. The van der Waals surface area contributed by atoms with Crippen molar-refractivity contribution >= 4 is 39.3 Å². The number of hydrogen-bond acceptors (Lipinski definition) is 4. The van der Waals surface area contributed by atoms with Gasteiger partial charge in [-0.15, -0.1) is 0 Å². The van der Waals surface area contributed by atoms with E-state index < -0.39 is 11.8 Å². The number of rotatable bonds is 7. The molecule has 0 saturated heterocycles. The predicted octanol–water partition coefficient (Wildman–Crippen LogP) is 3.27. The van der Waals surface area contributed by atoms with Crippen LogP contribution in [0.4, 0.5) is 0 Å². The average molecular weight is 442 g/mol. The molecule has 0 aromatic heterocycles. The Bertz CT molecular complexity index is 786. The minimum absolute atomic E-state index is 0.215. The van der Waals surface area contributed by atoms with Crippen LogP contribution >= 0.6 is 27.5 Å². The summed E-state index contributed by atoms with van der Waals surface area (Å²) < 4.78 is 11.5. The quantitative estimate of drug-likeness (QED) is 0.647. The van der Waals surface area contributed by atoms with Crippen molar-refractivity contribution < 1.29 is 19.1 Å². The van der Waals surface area contributed by atoms with Crippen LogP contribution in [0, 0.1) is 0 Å². The zero-order chi connectivity index (χ0) is 18.9. The lowest BCUT2D eigenvalue weighted by Gasteiger charge is -2.11. The Balaban J connectivity index is 1.70. The molecular formula is C18H18BrClN2O4. The van der Waals surface area contributed by atoms with Crippen molar-refractivity contribution in [1.29, 1.82) is 0 Å². The number of hydrazine groups is 1. The van der Waals surface area contributed by atoms with Gasteiger partial charge in [-0.25, -0.2) is 0 Å². The molecule has 0 unspecified atom stereocenters. The van der Waals surface area contributed by atoms with Crippen molar-refractivity contribution in [3.63, 3.8) is 0 Å². The fourth-order valence-corrected chi connectivity index (χ4v) is 2.68. The highest BCUT2D eigenvalue weighted by Gasteiger charge is 2.08. The van der Waals surface area contributed by atoms with Crippen LogP contribution in [0.3, 0.4) is 0 Å². The van der Waals surface area contributed by atoms with Crippen molar-refractivity contribution in [2.75, 3.05) is 13.2 Å². The van der Waals surface area contributed by atoms with Gasteiger partial charge >= 0.3 is 0 Å². The summed E-state index contributed by atoms with van der Waals surface area (Å²) >= 11 is 9.27. The van der Waals surface area contributed by atoms with Crippen LogP contribution in [-0.2, 0) is 16.0 Å². The summed E-state index contributed by atoms with van der Waals surface area (Å²) in [6.07, 6.45) is 0.877. The average Bonchev–Trinajstić information content (AvgIpc) is 2.64. The summed E-state index contributed by atoms with van der Waals surface area (Å²) in [5.74, 6) is -0.0400. The van der Waals surface area contributed by atoms with E-state index in [1.165, 1.54) is 0 Å². The first kappa shape index (κ1) is 20.1. The topological polar surface area (TPSA) is 76.7 Å². The monoisotopic (exact) mass is 440 g/mol. The number of carbonyl (C=O) groups excluding carboxylic acids is 2. The molecule has 2 N–H and O–H groups in total. The van der Waals surface area contributed by atoms with E-state index in [1.807, 2.05) is 25.1 Å². The van der Waals surface area contributed by atoms with E-state index in [1.54, 1.807) is 24.3 Å². The minimum Gasteiger partial charge on any atom is -0.484 e. The van der Waals surface area contributed by atoms with E-state index in [-0.39, 0.29) is 13.2 Å². The van der Waals surface area contributed by atoms with Gasteiger partial charge in [0.15, 0.2) is 13.2 Å². The number of halogens is 2. The molecule has 0 fully saturated rings. The number of benzene rings is 2. The van der Waals surface area contributed by atoms with Gasteiger partial charge in [0.2, 0.25) is 0 Å². The highest BCUT2D eigenvalue weighted by molar-refractivity contribution is 9.10. The van der Waals surface area contributed by atoms with Crippen molar-refractivity contribution in [1.82, 2.24) is 10.9 Å². The van der Waals surface area contributed by atoms with Crippen LogP contribution in [0.15, 0.2) is 46.9 Å². The van der Waals surface area contributed by atoms with Gasteiger partial charge in [-0.05, 0) is 42.3 Å². The van der Waals surface area contributed by atoms with Gasteiger partial charge in [-0.3, -0.25) is 20.4 Å². The second-order valence-electron chi connectivity index (χ2n) is 5.25. The Morgan fingerprint density at radius 3 is 2.38 bits per heavy atom. The fourth-order valence-electron chi connectivity index (χ4n) is 1.95. The van der Waals surface area contributed by atoms with E-state index in [0.29, 0.717) is 16.5 Å². The zero-order valence-corrected chi connectivity index (χ0v) is 16.4. The molecule has 0 heterocycles. The molecule has 0 atom stereocenters. The Labute approximate surface area is 164 Å². The number of aryl methyl sites for hydroxylation is 1. The smallest absolute Gasteiger partial charge is 0.276 e. The fraction of sp³-hybridized carbons (Fsp3) is 0.222. The second-order valence-corrected chi connectivity index (χ2v) is 6.57. The Morgan fingerprint density at radius 2 is 1.73 bits per heavy atom. The van der Waals surface area contributed by atoms with Crippen LogP contribution in [0.2, 0.25) is 5.02 Å². The zero-order valence-electron chi connectivity index (χ0n) is 14.1. The molecule has 2 aromatic rings. The maximum atomic E-state index is 11.7. The van der Waals surface area contributed by atoms with E-state index in [4.69, 9.17) is 21.1 Å². The molecule has 2 rings (SSSR count). The molecule has 2 amide bonds. The van der Waals surface area contributed by atoms with Crippen LogP contribution in [0.25, 0.3) is 0 Å². The van der Waals surface area contributed by atoms with Crippen molar-refractivity contribution in [3.8, 4) is 11.5 Å². The molecule has 6 nitrogen and oxygen atoms in total. The van der Waals surface area contributed by atoms with Crippen molar-refractivity contribution in [3.05, 3.63) is 57.5 Å². The first-order valence-corrected chi connectivity index (χ1v) is 9.02. The molecule has 0 spiro atoms. The Hall–Kier alpha value is -2.25. The van der Waals surface area contributed by atoms with E-state index >= 15 is 0 Å². The third kappa shape index (κ3) is 6.57. The van der Waals surface area contributed by atoms with Gasteiger partial charge in [-0.1, -0.05) is 46.6 Å². The maximum absolute atomic E-state index is 11.7. The van der Waals surface area contributed by atoms with Crippen LogP contribution in [0.5, 0.6) is 11.5 Å². The van der Waals surface area contributed by atoms with Crippen molar-refractivity contribution in [2.45, 2.75) is 13.3 Å². The molecule has 0 bridgehead atoms. The molecule has 0 radical (unpaired) electrons. The van der Waals surface area contributed by atoms with Gasteiger partial charge in [0.25, 0.3) is 11.8 Å². The lowest BCUT2D eigenvalue weighted by Crippen LogP contribution is -2.45. The molecular weight excluding hydrogens is 424 g/mol. The molecule has 138 valence electrons. The lowest BCUT2D eigenvalue weighted by molar-refractivity contribution is -0.131. The SMILES string of the molecule is CCc1cccc(OCC(=O)NNC(=O)COc2ccc(Br)cc2Cl)c1. The third-order valence-corrected chi connectivity index (χ3v) is 4.06. The number of carbonyl (C=O) groups is 2. The van der Waals surface area contributed by atoms with Crippen LogP contribution in [0.1, 0.15) is 12.5 Å². The summed E-state index contributed by atoms with van der Waals surface area (Å²) in [5, 5.41) is 0.374. The molecule has 0 saturated carbocycles. The second kappa shape index (κ2) is 10.0. The Kier molecular flexibility index (Phi) is 7.74. The van der Waals surface area contributed by atoms with Crippen molar-refractivity contribution in [2.24, 2.45) is 0 Å². The normalized spacial score (nSPS) is 10.1. The molecule has 0 aliphatic rings. The summed E-state index contributed by atoms with van der Waals surface area (Å²) in [4.78, 5) is 23.4. The third-order valence-electron chi connectivity index (χ3n) is 3.27. The summed E-state index contributed by atoms with van der Waals surface area (Å²) in [5.41, 5.74) is 5.61. The van der Waals surface area contributed by atoms with Gasteiger partial charge in [0.1, 0.15) is 11.5 Å². The molecule has 0 aliphatic heterocycles. The molecule has 2 aromatic carbocycles. The summed E-state index contributed by atoms with van der Waals surface area (Å²) in [7, 11) is 0. The molecule has 8 heteroatoms. The highest BCUT2D eigenvalue weighted by Crippen LogP contribution is 2.27. The first-order chi connectivity index (χ1) is 12.5. The molecule has 0 aliphatic carbocycles. The maximum Gasteiger partial charge on any atom is 0.276 e.